The van der Waals surface area contributed by atoms with Crippen molar-refractivity contribution in [1.82, 2.24) is 5.32 Å². The lowest BCUT2D eigenvalue weighted by atomic mass is 9.99. The molecule has 0 aromatic heterocycles. The Labute approximate surface area is 519 Å². The van der Waals surface area contributed by atoms with Crippen LogP contribution in [0.3, 0.4) is 0 Å². The predicted molar refractivity (Wildman–Crippen MR) is 356 cm³/mol. The van der Waals surface area contributed by atoms with Crippen LogP contribution < -0.4 is 5.32 Å². The van der Waals surface area contributed by atoms with Gasteiger partial charge in [0, 0.05) is 6.42 Å². The molecule has 8 atom stereocenters. The van der Waals surface area contributed by atoms with Crippen LogP contribution in [0.2, 0.25) is 0 Å². The number of carbonyl (C=O) groups is 2. The summed E-state index contributed by atoms with van der Waals surface area (Å²) in [4.78, 5) is 26.7. The molecule has 8 unspecified atom stereocenters. The molecule has 1 heterocycles. The van der Waals surface area contributed by atoms with E-state index < -0.39 is 67.4 Å². The Morgan fingerprint density at radius 1 is 0.471 bits per heavy atom. The van der Waals surface area contributed by atoms with Crippen LogP contribution in [-0.4, -0.2) is 99.6 Å². The van der Waals surface area contributed by atoms with E-state index >= 15 is 0 Å². The molecule has 11 nitrogen and oxygen atoms in total. The highest BCUT2D eigenvalue weighted by Gasteiger charge is 2.47. The zero-order valence-corrected chi connectivity index (χ0v) is 53.9. The summed E-state index contributed by atoms with van der Waals surface area (Å²) >= 11 is 0. The molecule has 85 heavy (non-hydrogen) atoms. The van der Waals surface area contributed by atoms with Gasteiger partial charge in [-0.1, -0.05) is 271 Å². The molecule has 6 N–H and O–H groups in total. The van der Waals surface area contributed by atoms with E-state index in [2.05, 4.69) is 135 Å². The van der Waals surface area contributed by atoms with Gasteiger partial charge in [-0.3, -0.25) is 9.59 Å². The number of carbonyl (C=O) groups excluding carboxylic acids is 2. The van der Waals surface area contributed by atoms with Gasteiger partial charge in [-0.25, -0.2) is 0 Å². The lowest BCUT2D eigenvalue weighted by Gasteiger charge is -2.41. The first-order chi connectivity index (χ1) is 41.7. The highest BCUT2D eigenvalue weighted by Crippen LogP contribution is 2.26. The third-order valence-electron chi connectivity index (χ3n) is 15.3. The highest BCUT2D eigenvalue weighted by molar-refractivity contribution is 5.80. The number of nitrogens with one attached hydrogen (secondary N) is 1. The average Bonchev–Trinajstić information content (AvgIpc) is 2.49. The molecule has 11 heteroatoms. The van der Waals surface area contributed by atoms with Gasteiger partial charge in [-0.15, -0.1) is 0 Å². The molecular weight excluding hydrogens is 1060 g/mol. The fraction of sp³-hybridized carbons (Fsp3) is 0.703. The molecule has 1 saturated heterocycles. The topological polar surface area (TPSA) is 175 Å². The molecule has 1 aliphatic rings. The summed E-state index contributed by atoms with van der Waals surface area (Å²) in [6, 6.07) is -1.05. The molecular formula is C74H125NO10. The quantitative estimate of drug-likeness (QED) is 0.0195. The zero-order valence-electron chi connectivity index (χ0n) is 53.9. The number of hydrogen-bond acceptors (Lipinski definition) is 10. The van der Waals surface area contributed by atoms with Crippen molar-refractivity contribution in [3.05, 3.63) is 122 Å². The second-order valence-corrected chi connectivity index (χ2v) is 23.2. The van der Waals surface area contributed by atoms with E-state index in [9.17, 15) is 35.1 Å². The Bertz CT molecular complexity index is 1850. The Hall–Kier alpha value is -3.94. The van der Waals surface area contributed by atoms with Crippen LogP contribution in [0.25, 0.3) is 0 Å². The fourth-order valence-electron chi connectivity index (χ4n) is 9.96. The van der Waals surface area contributed by atoms with Crippen LogP contribution in [0.5, 0.6) is 0 Å². The van der Waals surface area contributed by atoms with E-state index in [1.165, 1.54) is 77.0 Å². The number of rotatable bonds is 57. The van der Waals surface area contributed by atoms with Crippen LogP contribution in [0, 0.1) is 0 Å². The molecule has 0 spiro atoms. The maximum atomic E-state index is 13.5. The van der Waals surface area contributed by atoms with Gasteiger partial charge in [0.25, 0.3) is 0 Å². The number of ether oxygens (including phenoxy) is 3. The van der Waals surface area contributed by atoms with Crippen molar-refractivity contribution in [2.75, 3.05) is 13.2 Å². The standard InChI is InChI=1S/C74H125NO10/c1-4-7-10-13-16-19-22-25-27-29-31-33-34-35-37-39-41-44-47-50-53-56-59-62-69(79)85-72-71(81)70(80)68(63-76)84-74(72)83-64-65(66(77)60-57-54-51-48-45-42-24-21-18-15-12-9-6-3)75-73(82)67(78)61-58-55-52-49-46-43-40-38-36-32-30-28-26-23-20-17-14-11-8-5-2/h7,10,16-17,19-20,25-28,31-33,35-37,40,43,57,60,65-68,70-72,74,76-78,80-81H,4-6,8-9,11-15,18,21-24,29-30,34,38-39,41-42,44-56,58-59,61-64H2,1-3H3,(H,75,82)/b10-7-,19-16-,20-17-,27-25-,28-26-,33-31-,36-32-,37-35-,43-40-,60-57+. The predicted octanol–water partition coefficient (Wildman–Crippen LogP) is 17.4. The van der Waals surface area contributed by atoms with Crippen LogP contribution in [0.1, 0.15) is 271 Å². The van der Waals surface area contributed by atoms with Crippen molar-refractivity contribution >= 4 is 11.9 Å². The van der Waals surface area contributed by atoms with Crippen molar-refractivity contribution in [2.45, 2.75) is 320 Å². The summed E-state index contributed by atoms with van der Waals surface area (Å²) in [5.74, 6) is -1.23. The van der Waals surface area contributed by atoms with E-state index in [4.69, 9.17) is 14.2 Å². The summed E-state index contributed by atoms with van der Waals surface area (Å²) in [5.41, 5.74) is 0. The van der Waals surface area contributed by atoms with Gasteiger partial charge in [0.1, 0.15) is 24.4 Å². The van der Waals surface area contributed by atoms with Crippen LogP contribution in [0.4, 0.5) is 0 Å². The van der Waals surface area contributed by atoms with Crippen molar-refractivity contribution in [3.63, 3.8) is 0 Å². The number of aliphatic hydroxyl groups excluding tert-OH is 5. The first-order valence-corrected chi connectivity index (χ1v) is 34.3. The third kappa shape index (κ3) is 47.8. The molecule has 486 valence electrons. The van der Waals surface area contributed by atoms with E-state index in [-0.39, 0.29) is 19.4 Å². The van der Waals surface area contributed by atoms with Crippen molar-refractivity contribution in [3.8, 4) is 0 Å². The van der Waals surface area contributed by atoms with Gasteiger partial charge in [0.15, 0.2) is 12.4 Å². The summed E-state index contributed by atoms with van der Waals surface area (Å²) in [7, 11) is 0. The van der Waals surface area contributed by atoms with Gasteiger partial charge in [0.2, 0.25) is 5.91 Å². The maximum Gasteiger partial charge on any atom is 0.306 e. The molecule has 0 radical (unpaired) electrons. The minimum Gasteiger partial charge on any atom is -0.454 e. The van der Waals surface area contributed by atoms with E-state index in [1.54, 1.807) is 6.08 Å². The molecule has 0 aromatic carbocycles. The zero-order chi connectivity index (χ0) is 61.7. The summed E-state index contributed by atoms with van der Waals surface area (Å²) in [5, 5.41) is 57.2. The van der Waals surface area contributed by atoms with E-state index in [0.717, 1.165) is 148 Å². The van der Waals surface area contributed by atoms with Crippen LogP contribution in [-0.2, 0) is 23.8 Å². The number of aliphatic hydroxyl groups is 5. The number of esters is 1. The van der Waals surface area contributed by atoms with Gasteiger partial charge in [0.05, 0.1) is 25.4 Å². The first-order valence-electron chi connectivity index (χ1n) is 34.3. The smallest absolute Gasteiger partial charge is 0.306 e. The second kappa shape index (κ2) is 60.3. The highest BCUT2D eigenvalue weighted by atomic mass is 16.7. The fourth-order valence-corrected chi connectivity index (χ4v) is 9.96. The molecule has 0 aromatic rings. The van der Waals surface area contributed by atoms with Crippen LogP contribution in [0.15, 0.2) is 122 Å². The molecule has 1 aliphatic heterocycles. The summed E-state index contributed by atoms with van der Waals surface area (Å²) in [6.07, 6.45) is 73.6. The SMILES string of the molecule is CC/C=C\C/C=C\C/C=C\C/C=C\C/C=C\CCCCCCCCCC(=O)OC1C(OCC(NC(=O)C(O)CCCCCC/C=C\C/C=C\C/C=C\C/C=C\CCCCC)C(O)/C=C/CCCCCCCCCCCCC)OC(CO)C(O)C1O. The first kappa shape index (κ1) is 79.1. The molecule has 0 aliphatic carbocycles. The van der Waals surface area contributed by atoms with E-state index in [1.807, 2.05) is 6.08 Å². The molecule has 0 bridgehead atoms. The number of hydrogen-bond donors (Lipinski definition) is 6. The number of unbranched alkanes of at least 4 members (excludes halogenated alkanes) is 25. The Morgan fingerprint density at radius 3 is 1.29 bits per heavy atom. The molecule has 1 fully saturated rings. The second-order valence-electron chi connectivity index (χ2n) is 23.2. The average molecular weight is 1190 g/mol. The van der Waals surface area contributed by atoms with Crippen molar-refractivity contribution in [2.24, 2.45) is 0 Å². The van der Waals surface area contributed by atoms with E-state index in [0.29, 0.717) is 12.8 Å². The van der Waals surface area contributed by atoms with Crippen molar-refractivity contribution in [1.29, 1.82) is 0 Å². The minimum absolute atomic E-state index is 0.101. The van der Waals surface area contributed by atoms with Gasteiger partial charge >= 0.3 is 5.97 Å². The largest absolute Gasteiger partial charge is 0.454 e. The van der Waals surface area contributed by atoms with Crippen molar-refractivity contribution < 1.29 is 49.3 Å². The Morgan fingerprint density at radius 2 is 0.847 bits per heavy atom. The molecule has 0 saturated carbocycles. The lowest BCUT2D eigenvalue weighted by molar-refractivity contribution is -0.305. The summed E-state index contributed by atoms with van der Waals surface area (Å²) in [6.45, 7) is 5.64. The normalized spacial score (nSPS) is 19.2. The Kier molecular flexibility index (Phi) is 56.1. The molecule has 1 amide bonds. The number of allylic oxidation sites excluding steroid dienone is 19. The lowest BCUT2D eigenvalue weighted by Crippen LogP contribution is -2.61. The maximum absolute atomic E-state index is 13.5. The van der Waals surface area contributed by atoms with Gasteiger partial charge in [-0.05, 0) is 116 Å². The Balaban J connectivity index is 2.66. The van der Waals surface area contributed by atoms with Gasteiger partial charge in [-0.2, -0.15) is 0 Å². The third-order valence-corrected chi connectivity index (χ3v) is 15.3. The monoisotopic (exact) mass is 1190 g/mol. The molecule has 1 rings (SSSR count). The summed E-state index contributed by atoms with van der Waals surface area (Å²) < 4.78 is 17.7. The van der Waals surface area contributed by atoms with Gasteiger partial charge < -0.3 is 45.1 Å². The number of amides is 1. The minimum atomic E-state index is -1.63. The van der Waals surface area contributed by atoms with Crippen LogP contribution >= 0.6 is 0 Å².